The highest BCUT2D eigenvalue weighted by Crippen LogP contribution is 2.21. The molecule has 6 nitrogen and oxygen atoms in total. The average Bonchev–Trinajstić information content (AvgIpc) is 2.96. The minimum absolute atomic E-state index is 0.147. The molecule has 1 aliphatic rings. The van der Waals surface area contributed by atoms with Crippen molar-refractivity contribution in [2.75, 3.05) is 13.2 Å². The maximum Gasteiger partial charge on any atom is 0.188 e. The maximum atomic E-state index is 12.3. The summed E-state index contributed by atoms with van der Waals surface area (Å²) in [7, 11) is 0. The minimum atomic E-state index is -0.511. The van der Waals surface area contributed by atoms with Crippen LogP contribution in [0.2, 0.25) is 0 Å². The Bertz CT molecular complexity index is 960. The lowest BCUT2D eigenvalue weighted by molar-refractivity contribution is -0.119. The first-order valence-electron chi connectivity index (χ1n) is 8.55. The lowest BCUT2D eigenvalue weighted by Crippen LogP contribution is -2.27. The second-order valence-electron chi connectivity index (χ2n) is 6.62. The largest absolute Gasteiger partial charge is 0.388 e. The SMILES string of the molecule is O=C1Cc2ccc(C(=O)CO)cc2CN(Cc2cn3ccccc3n2)C1. The molecular formula is C20H19N3O3. The van der Waals surface area contributed by atoms with E-state index in [-0.39, 0.29) is 11.6 Å². The fourth-order valence-corrected chi connectivity index (χ4v) is 3.43. The molecule has 6 heteroatoms. The van der Waals surface area contributed by atoms with E-state index >= 15 is 0 Å². The van der Waals surface area contributed by atoms with Crippen LogP contribution in [0, 0.1) is 0 Å². The van der Waals surface area contributed by atoms with Gasteiger partial charge in [0.15, 0.2) is 11.6 Å². The highest BCUT2D eigenvalue weighted by atomic mass is 16.3. The standard InChI is InChI=1S/C20H19N3O3/c24-13-19(26)15-5-4-14-8-18(25)12-22(9-16(14)7-15)10-17-11-23-6-2-1-3-20(23)21-17/h1-7,11,24H,8-10,12-13H2. The van der Waals surface area contributed by atoms with E-state index in [1.165, 1.54) is 0 Å². The van der Waals surface area contributed by atoms with Crippen molar-refractivity contribution in [3.63, 3.8) is 0 Å². The Morgan fingerprint density at radius 3 is 2.85 bits per heavy atom. The smallest absolute Gasteiger partial charge is 0.188 e. The van der Waals surface area contributed by atoms with E-state index in [2.05, 4.69) is 4.98 Å². The van der Waals surface area contributed by atoms with Crippen LogP contribution in [0.25, 0.3) is 5.65 Å². The fraction of sp³-hybridized carbons (Fsp3) is 0.250. The van der Waals surface area contributed by atoms with Crippen molar-refractivity contribution in [2.45, 2.75) is 19.5 Å². The normalized spacial score (nSPS) is 15.0. The first-order valence-corrected chi connectivity index (χ1v) is 8.55. The van der Waals surface area contributed by atoms with Crippen LogP contribution in [0.3, 0.4) is 0 Å². The van der Waals surface area contributed by atoms with E-state index in [1.54, 1.807) is 12.1 Å². The molecule has 1 aliphatic heterocycles. The van der Waals surface area contributed by atoms with Crippen molar-refractivity contribution in [3.05, 3.63) is 71.2 Å². The molecule has 26 heavy (non-hydrogen) atoms. The third-order valence-corrected chi connectivity index (χ3v) is 4.65. The van der Waals surface area contributed by atoms with Crippen LogP contribution >= 0.6 is 0 Å². The van der Waals surface area contributed by atoms with Crippen LogP contribution in [0.4, 0.5) is 0 Å². The van der Waals surface area contributed by atoms with Gasteiger partial charge in [-0.3, -0.25) is 14.5 Å². The molecule has 0 atom stereocenters. The van der Waals surface area contributed by atoms with E-state index in [9.17, 15) is 9.59 Å². The molecule has 132 valence electrons. The number of ketones is 2. The van der Waals surface area contributed by atoms with Gasteiger partial charge in [-0.25, -0.2) is 4.98 Å². The van der Waals surface area contributed by atoms with E-state index in [4.69, 9.17) is 5.11 Å². The van der Waals surface area contributed by atoms with Gasteiger partial charge < -0.3 is 9.51 Å². The van der Waals surface area contributed by atoms with Crippen molar-refractivity contribution in [2.24, 2.45) is 0 Å². The molecule has 0 spiro atoms. The second-order valence-corrected chi connectivity index (χ2v) is 6.62. The number of nitrogens with zero attached hydrogens (tertiary/aromatic N) is 3. The third kappa shape index (κ3) is 3.29. The minimum Gasteiger partial charge on any atom is -0.388 e. The van der Waals surface area contributed by atoms with E-state index in [0.29, 0.717) is 31.6 Å². The Hall–Kier alpha value is -2.83. The van der Waals surface area contributed by atoms with Crippen molar-refractivity contribution in [1.29, 1.82) is 0 Å². The molecule has 4 rings (SSSR count). The van der Waals surface area contributed by atoms with Crippen molar-refractivity contribution >= 4 is 17.2 Å². The average molecular weight is 349 g/mol. The molecule has 3 aromatic rings. The molecule has 0 saturated heterocycles. The van der Waals surface area contributed by atoms with Gasteiger partial charge in [0.05, 0.1) is 12.2 Å². The summed E-state index contributed by atoms with van der Waals surface area (Å²) in [5.41, 5.74) is 4.16. The zero-order chi connectivity index (χ0) is 18.1. The Kier molecular flexibility index (Phi) is 4.36. The highest BCUT2D eigenvalue weighted by Gasteiger charge is 2.21. The van der Waals surface area contributed by atoms with E-state index in [1.807, 2.05) is 46.0 Å². The van der Waals surface area contributed by atoms with Crippen LogP contribution in [-0.4, -0.2) is 44.1 Å². The fourth-order valence-electron chi connectivity index (χ4n) is 3.43. The van der Waals surface area contributed by atoms with Crippen LogP contribution in [0.15, 0.2) is 48.8 Å². The zero-order valence-electron chi connectivity index (χ0n) is 14.3. The molecule has 0 fully saturated rings. The first-order chi connectivity index (χ1) is 12.6. The number of pyridine rings is 1. The van der Waals surface area contributed by atoms with Gasteiger partial charge in [0, 0.05) is 37.5 Å². The molecule has 0 radical (unpaired) electrons. The quantitative estimate of drug-likeness (QED) is 0.725. The van der Waals surface area contributed by atoms with Crippen LogP contribution < -0.4 is 0 Å². The van der Waals surface area contributed by atoms with Crippen molar-refractivity contribution in [1.82, 2.24) is 14.3 Å². The summed E-state index contributed by atoms with van der Waals surface area (Å²) in [5, 5.41) is 9.08. The number of hydrogen-bond acceptors (Lipinski definition) is 5. The Labute approximate surface area is 150 Å². The predicted molar refractivity (Wildman–Crippen MR) is 95.9 cm³/mol. The number of benzene rings is 1. The topological polar surface area (TPSA) is 74.9 Å². The summed E-state index contributed by atoms with van der Waals surface area (Å²) in [6.07, 6.45) is 4.28. The molecule has 2 aromatic heterocycles. The number of fused-ring (bicyclic) bond motifs is 2. The monoisotopic (exact) mass is 349 g/mol. The third-order valence-electron chi connectivity index (χ3n) is 4.65. The van der Waals surface area contributed by atoms with E-state index < -0.39 is 6.61 Å². The summed E-state index contributed by atoms with van der Waals surface area (Å²) in [5.74, 6) is -0.163. The molecule has 1 N–H and O–H groups in total. The van der Waals surface area contributed by atoms with Crippen molar-refractivity contribution < 1.29 is 14.7 Å². The number of carbonyl (C=O) groups is 2. The molecule has 0 bridgehead atoms. The number of aliphatic hydroxyl groups is 1. The van der Waals surface area contributed by atoms with Crippen LogP contribution in [-0.2, 0) is 24.3 Å². The van der Waals surface area contributed by atoms with Gasteiger partial charge >= 0.3 is 0 Å². The Morgan fingerprint density at radius 2 is 2.04 bits per heavy atom. The predicted octanol–water partition coefficient (Wildman–Crippen LogP) is 1.64. The molecular weight excluding hydrogens is 330 g/mol. The molecule has 0 unspecified atom stereocenters. The zero-order valence-corrected chi connectivity index (χ0v) is 14.3. The molecule has 1 aromatic carbocycles. The number of hydrogen-bond donors (Lipinski definition) is 1. The van der Waals surface area contributed by atoms with Gasteiger partial charge in [0.25, 0.3) is 0 Å². The van der Waals surface area contributed by atoms with Gasteiger partial charge in [-0.1, -0.05) is 18.2 Å². The number of Topliss-reactive ketones (excluding diaryl/α,β-unsaturated/α-hetero) is 2. The van der Waals surface area contributed by atoms with E-state index in [0.717, 1.165) is 22.5 Å². The summed E-state index contributed by atoms with van der Waals surface area (Å²) in [6, 6.07) is 11.1. The van der Waals surface area contributed by atoms with Gasteiger partial charge in [-0.2, -0.15) is 0 Å². The van der Waals surface area contributed by atoms with Gasteiger partial charge in [0.1, 0.15) is 12.3 Å². The molecule has 0 saturated carbocycles. The van der Waals surface area contributed by atoms with Crippen LogP contribution in [0.1, 0.15) is 27.2 Å². The highest BCUT2D eigenvalue weighted by molar-refractivity contribution is 5.97. The summed E-state index contributed by atoms with van der Waals surface area (Å²) < 4.78 is 1.96. The van der Waals surface area contributed by atoms with Crippen molar-refractivity contribution in [3.8, 4) is 0 Å². The number of aliphatic hydroxyl groups excluding tert-OH is 1. The lowest BCUT2D eigenvalue weighted by atomic mass is 9.99. The van der Waals surface area contributed by atoms with Gasteiger partial charge in [0.2, 0.25) is 0 Å². The number of rotatable bonds is 4. The maximum absolute atomic E-state index is 12.3. The van der Waals surface area contributed by atoms with Crippen LogP contribution in [0.5, 0.6) is 0 Å². The Morgan fingerprint density at radius 1 is 1.15 bits per heavy atom. The van der Waals surface area contributed by atoms with Gasteiger partial charge in [-0.05, 0) is 29.3 Å². The molecule has 0 aliphatic carbocycles. The summed E-state index contributed by atoms with van der Waals surface area (Å²) in [6.45, 7) is 0.973. The number of aromatic nitrogens is 2. The Balaban J connectivity index is 1.61. The lowest BCUT2D eigenvalue weighted by Gasteiger charge is -2.18. The summed E-state index contributed by atoms with van der Waals surface area (Å²) >= 11 is 0. The molecule has 0 amide bonds. The summed E-state index contributed by atoms with van der Waals surface area (Å²) in [4.78, 5) is 30.7. The molecule has 3 heterocycles. The van der Waals surface area contributed by atoms with Gasteiger partial charge in [-0.15, -0.1) is 0 Å². The number of carbonyl (C=O) groups excluding carboxylic acids is 2. The second kappa shape index (κ2) is 6.82. The number of imidazole rings is 1. The first kappa shape index (κ1) is 16.6.